The van der Waals surface area contributed by atoms with E-state index in [0.717, 1.165) is 202 Å². The van der Waals surface area contributed by atoms with Gasteiger partial charge in [-0.25, -0.2) is 18.3 Å². The quantitative estimate of drug-likeness (QED) is 0.142. The highest BCUT2D eigenvalue weighted by Crippen LogP contribution is 2.46. The third-order valence-electron chi connectivity index (χ3n) is 26.4. The Kier molecular flexibility index (Phi) is 17.9. The fraction of sp³-hybridized carbons (Fsp3) is 0.153. The molecule has 1 aliphatic rings. The van der Waals surface area contributed by atoms with Gasteiger partial charge in [-0.1, -0.05) is 226 Å². The fourth-order valence-electron chi connectivity index (χ4n) is 19.8. The minimum Gasteiger partial charge on any atom is -0.455 e. The molecular formula is C118H100N4O4+4. The Morgan fingerprint density at radius 1 is 0.278 bits per heavy atom. The van der Waals surface area contributed by atoms with E-state index in [-0.39, 0.29) is 5.92 Å². The number of pyridine rings is 4. The molecule has 0 atom stereocenters. The molecule has 612 valence electrons. The van der Waals surface area contributed by atoms with Crippen LogP contribution in [0.15, 0.2) is 346 Å². The molecule has 126 heavy (non-hydrogen) atoms. The van der Waals surface area contributed by atoms with Gasteiger partial charge in [0.1, 0.15) is 72.9 Å². The first kappa shape index (κ1) is 69.9. The Morgan fingerprint density at radius 3 is 1.07 bits per heavy atom. The number of hydrogen-bond acceptors (Lipinski definition) is 4. The molecule has 0 N–H and O–H groups in total. The smallest absolute Gasteiger partial charge is 0.220 e. The Balaban J connectivity index is 0.000000108. The Morgan fingerprint density at radius 2 is 0.619 bits per heavy atom. The van der Waals surface area contributed by atoms with Crippen molar-refractivity contribution in [1.82, 2.24) is 0 Å². The first-order chi connectivity index (χ1) is 64.7. The fourth-order valence-corrected chi connectivity index (χ4v) is 19.8. The summed E-state index contributed by atoms with van der Waals surface area (Å²) >= 11 is 0. The van der Waals surface area contributed by atoms with Gasteiger partial charge in [0, 0.05) is 139 Å². The number of rotatable bonds is 8. The van der Waals surface area contributed by atoms with E-state index in [1.807, 2.05) is 134 Å². The van der Waals surface area contributed by atoms with Crippen molar-refractivity contribution in [2.45, 2.75) is 86.8 Å². The van der Waals surface area contributed by atoms with Crippen LogP contribution < -0.4 is 18.3 Å². The summed E-state index contributed by atoms with van der Waals surface area (Å²) in [5.41, 5.74) is 25.9. The molecule has 8 heterocycles. The third-order valence-corrected chi connectivity index (χ3v) is 26.4. The van der Waals surface area contributed by atoms with Gasteiger partial charge >= 0.3 is 0 Å². The van der Waals surface area contributed by atoms with Gasteiger partial charge in [0.05, 0.1) is 27.6 Å². The summed E-state index contributed by atoms with van der Waals surface area (Å²) in [4.78, 5) is 0. The van der Waals surface area contributed by atoms with Crippen LogP contribution in [0.5, 0.6) is 0 Å². The molecule has 0 saturated heterocycles. The van der Waals surface area contributed by atoms with E-state index in [2.05, 4.69) is 263 Å². The van der Waals surface area contributed by atoms with Gasteiger partial charge in [-0.15, -0.1) is 0 Å². The Bertz CT molecular complexity index is 8670. The van der Waals surface area contributed by atoms with Crippen molar-refractivity contribution in [2.75, 3.05) is 0 Å². The second kappa shape index (κ2) is 32.3. The summed E-state index contributed by atoms with van der Waals surface area (Å²) in [6.07, 6.45) is 11.7. The normalized spacial score (nSPS) is 13.8. The Hall–Kier alpha value is -14.6. The molecule has 15 aromatic carbocycles. The van der Waals surface area contributed by atoms with E-state index >= 15 is 0 Å². The minimum absolute atomic E-state index is 0.0917. The molecule has 23 aromatic rings. The average molecular weight is 1650 g/mol. The molecule has 0 radical (unpaired) electrons. The number of fused-ring (bicyclic) bond motifs is 21. The van der Waals surface area contributed by atoms with Crippen molar-refractivity contribution in [3.05, 3.63) is 373 Å². The zero-order valence-corrected chi connectivity index (χ0v) is 72.2. The van der Waals surface area contributed by atoms with Crippen molar-refractivity contribution < 1.29 is 46.9 Å². The lowest BCUT2D eigenvalue weighted by atomic mass is 9.85. The van der Waals surface area contributed by atoms with Crippen molar-refractivity contribution in [1.29, 1.82) is 0 Å². The number of aromatic nitrogens is 4. The first-order valence-electron chi connectivity index (χ1n) is 47.7. The molecule has 0 spiro atoms. The number of hydrogen-bond donors (Lipinski definition) is 0. The van der Waals surface area contributed by atoms with Gasteiger partial charge in [0.15, 0.2) is 24.8 Å². The monoisotopic (exact) mass is 1640 g/mol. The van der Waals surface area contributed by atoms with E-state index in [9.17, 15) is 0 Å². The molecule has 8 nitrogen and oxygen atoms in total. The van der Waals surface area contributed by atoms with E-state index in [0.29, 0.717) is 16.7 Å². The van der Waals surface area contributed by atoms with Gasteiger partial charge in [-0.3, -0.25) is 0 Å². The van der Waals surface area contributed by atoms with Crippen LogP contribution in [0.1, 0.15) is 87.6 Å². The summed E-state index contributed by atoms with van der Waals surface area (Å²) in [5, 5.41) is 20.7. The van der Waals surface area contributed by atoms with Crippen LogP contribution in [-0.4, -0.2) is 0 Å². The van der Waals surface area contributed by atoms with Crippen LogP contribution in [0, 0.1) is 54.2 Å². The maximum atomic E-state index is 8.96. The lowest BCUT2D eigenvalue weighted by molar-refractivity contribution is -0.660. The van der Waals surface area contributed by atoms with Crippen molar-refractivity contribution in [2.24, 2.45) is 34.1 Å². The minimum atomic E-state index is -2.22. The van der Waals surface area contributed by atoms with Gasteiger partial charge in [0.25, 0.3) is 0 Å². The summed E-state index contributed by atoms with van der Waals surface area (Å²) in [5.74, 6) is 0.0917. The van der Waals surface area contributed by atoms with Crippen LogP contribution in [0.4, 0.5) is 0 Å². The van der Waals surface area contributed by atoms with Crippen LogP contribution in [0.3, 0.4) is 0 Å². The van der Waals surface area contributed by atoms with E-state index in [4.69, 9.17) is 28.6 Å². The highest BCUT2D eigenvalue weighted by molar-refractivity contribution is 6.20. The maximum Gasteiger partial charge on any atom is 0.220 e. The highest BCUT2D eigenvalue weighted by atomic mass is 16.3. The summed E-state index contributed by atoms with van der Waals surface area (Å²) in [6.45, 7) is 6.13. The molecule has 0 amide bonds. The molecule has 1 fully saturated rings. The topological polar surface area (TPSA) is 68.1 Å². The number of nitrogens with zero attached hydrogens (tertiary/aromatic N) is 4. The third kappa shape index (κ3) is 13.8. The molecule has 0 unspecified atom stereocenters. The van der Waals surface area contributed by atoms with E-state index < -0.39 is 20.1 Å². The summed E-state index contributed by atoms with van der Waals surface area (Å²) in [7, 11) is 7.94. The lowest BCUT2D eigenvalue weighted by Gasteiger charge is -2.21. The van der Waals surface area contributed by atoms with Crippen LogP contribution in [0.2, 0.25) is 0 Å². The maximum absolute atomic E-state index is 8.96. The molecule has 1 aliphatic carbocycles. The van der Waals surface area contributed by atoms with E-state index in [1.54, 1.807) is 12.4 Å². The second-order valence-electron chi connectivity index (χ2n) is 34.2. The molecule has 24 rings (SSSR count). The SMILES string of the molecule is Cc1c(-c2c3ccccc3cc[n+]2C)ccc2c1oc1c3ccccc3ccc21.[2H]C([2H])([2H])c1c[n+](C)c(-c2ccc3c(oc4c5ccccc5c(C)cc34)c2C)cc1-c1ccccc1.[2H]C([2H])([2H])c1c[n+](C)c(-c2ccc3c(oc4c5ccccc5ccc34)c2C)cc1-c1ccccc1.[2H]C([2H])(c1cc[n+](C)c(-c2ccc3c(oc4c5ccccc5ccc34)c2C)c1)C1CCCCC1. The molecule has 1 saturated carbocycles. The number of furan rings is 4. The number of aryl methyl sites for hydroxylation is 11. The molecular weight excluding hydrogens is 1540 g/mol. The largest absolute Gasteiger partial charge is 0.455 e. The van der Waals surface area contributed by atoms with Gasteiger partial charge < -0.3 is 17.7 Å². The highest BCUT2D eigenvalue weighted by Gasteiger charge is 2.28. The summed E-state index contributed by atoms with van der Waals surface area (Å²) < 4.78 is 101. The van der Waals surface area contributed by atoms with Crippen LogP contribution >= 0.6 is 0 Å². The van der Waals surface area contributed by atoms with Crippen molar-refractivity contribution in [3.63, 3.8) is 0 Å². The lowest BCUT2D eigenvalue weighted by Crippen LogP contribution is -2.31. The molecule has 8 heteroatoms. The zero-order valence-electron chi connectivity index (χ0n) is 80.2. The number of benzene rings is 15. The predicted octanol–water partition coefficient (Wildman–Crippen LogP) is 29.7. The summed E-state index contributed by atoms with van der Waals surface area (Å²) in [6, 6.07) is 104. The van der Waals surface area contributed by atoms with E-state index in [1.165, 1.54) is 66.5 Å². The van der Waals surface area contributed by atoms with Gasteiger partial charge in [-0.05, 0) is 200 Å². The standard InChI is InChI=1S/C31H26NO.C30H24NO.C30H30NO.C27H20NO/c1-19-16-28-26-15-14-24(21(3)30(26)33-31(28)25-13-9-8-12-23(19)25)29-17-27(20(2)18-32(29)4)22-10-6-5-7-11-22;1-19-18-31(3)28(17-27(19)21-9-5-4-6-10-21)23-15-16-25-26-14-13-22-11-7-8-12-24(22)30(26)32-29(25)20(23)2;1-20-24(28-19-22(16-17-31(28)2)18-21-8-4-3-5-9-21)14-15-26-27-13-12-23-10-6-7-11-25(23)30(27)32-29(20)26;1-17-20(25-21-9-5-3-8-19(21)15-16-28(25)2)13-14-23-24-12-11-18-7-4-6-10-22(18)27(24)29-26(17)23/h5-18H,1-4H3;4-18H,1-3H3;6-7,10-17,19,21H,3-5,8-9,18H2,1-2H3;3-16H,1-2H3/q4*+1/i2D3;1D3;18D2;. The first-order valence-corrected chi connectivity index (χ1v) is 43.7. The van der Waals surface area contributed by atoms with Crippen LogP contribution in [0.25, 0.3) is 209 Å². The van der Waals surface area contributed by atoms with Gasteiger partial charge in [-0.2, -0.15) is 0 Å². The van der Waals surface area contributed by atoms with Crippen molar-refractivity contribution in [3.8, 4) is 67.3 Å². The molecule has 8 aromatic heterocycles. The predicted molar refractivity (Wildman–Crippen MR) is 523 cm³/mol. The van der Waals surface area contributed by atoms with Gasteiger partial charge in [0.2, 0.25) is 22.8 Å². The average Bonchev–Trinajstić information content (AvgIpc) is 1.57. The van der Waals surface area contributed by atoms with Crippen LogP contribution in [-0.2, 0) is 34.6 Å². The zero-order chi connectivity index (χ0) is 92.5. The molecule has 0 aliphatic heterocycles. The van der Waals surface area contributed by atoms with Crippen molar-refractivity contribution >= 4 is 142 Å². The Labute approximate surface area is 745 Å². The molecule has 0 bridgehead atoms. The second-order valence-corrected chi connectivity index (χ2v) is 34.2.